The van der Waals surface area contributed by atoms with E-state index in [0.29, 0.717) is 6.04 Å². The van der Waals surface area contributed by atoms with Gasteiger partial charge in [-0.1, -0.05) is 37.8 Å². The molecule has 4 bridgehead atoms. The Balaban J connectivity index is 1.13. The SMILES string of the molecule is O=C(O)C1CCN(Cc2nc3ccccc3n2C2C[C@H]3CCC[C@@H](C2)N3C2C[C@H]3CCC[C@@H](C2)C3)CC1. The van der Waals surface area contributed by atoms with Crippen LogP contribution in [0.4, 0.5) is 0 Å². The van der Waals surface area contributed by atoms with Crippen LogP contribution in [-0.2, 0) is 11.3 Å². The Morgan fingerprint density at radius 1 is 0.811 bits per heavy atom. The van der Waals surface area contributed by atoms with E-state index in [2.05, 4.69) is 38.6 Å². The number of carbonyl (C=O) groups is 1. The summed E-state index contributed by atoms with van der Waals surface area (Å²) in [6.07, 6.45) is 17.0. The number of imidazole rings is 1. The van der Waals surface area contributed by atoms with E-state index in [9.17, 15) is 9.90 Å². The molecule has 5 aliphatic rings. The molecule has 200 valence electrons. The van der Waals surface area contributed by atoms with Crippen LogP contribution in [0.1, 0.15) is 95.3 Å². The lowest BCUT2D eigenvalue weighted by Crippen LogP contribution is -2.58. The van der Waals surface area contributed by atoms with E-state index in [0.717, 1.165) is 68.0 Å². The lowest BCUT2D eigenvalue weighted by atomic mass is 9.68. The fourth-order valence-electron chi connectivity index (χ4n) is 9.29. The first kappa shape index (κ1) is 24.1. The molecular weight excluding hydrogens is 460 g/mol. The second-order valence-corrected chi connectivity index (χ2v) is 13.1. The molecular formula is C31H44N4O2. The van der Waals surface area contributed by atoms with Crippen molar-refractivity contribution in [3.05, 3.63) is 30.1 Å². The van der Waals surface area contributed by atoms with E-state index in [4.69, 9.17) is 4.98 Å². The molecule has 5 fully saturated rings. The maximum absolute atomic E-state index is 11.5. The largest absolute Gasteiger partial charge is 0.481 e. The second kappa shape index (κ2) is 10.00. The number of rotatable bonds is 5. The van der Waals surface area contributed by atoms with Gasteiger partial charge in [-0.3, -0.25) is 14.6 Å². The van der Waals surface area contributed by atoms with Crippen LogP contribution in [0.2, 0.25) is 0 Å². The molecule has 1 N–H and O–H groups in total. The first-order valence-electron chi connectivity index (χ1n) is 15.3. The molecule has 4 heterocycles. The quantitative estimate of drug-likeness (QED) is 0.553. The predicted octanol–water partition coefficient (Wildman–Crippen LogP) is 5.86. The van der Waals surface area contributed by atoms with Crippen LogP contribution in [0.5, 0.6) is 0 Å². The molecule has 6 heteroatoms. The van der Waals surface area contributed by atoms with Gasteiger partial charge in [0.2, 0.25) is 0 Å². The Hall–Kier alpha value is -1.92. The summed E-state index contributed by atoms with van der Waals surface area (Å²) in [5.41, 5.74) is 2.41. The van der Waals surface area contributed by atoms with E-state index in [1.54, 1.807) is 0 Å². The van der Waals surface area contributed by atoms with Gasteiger partial charge in [-0.25, -0.2) is 4.98 Å². The molecule has 3 aliphatic heterocycles. The number of hydrogen-bond donors (Lipinski definition) is 1. The van der Waals surface area contributed by atoms with Crippen LogP contribution in [0.3, 0.4) is 0 Å². The number of nitrogens with zero attached hydrogens (tertiary/aromatic N) is 4. The Morgan fingerprint density at radius 3 is 2.19 bits per heavy atom. The van der Waals surface area contributed by atoms with Gasteiger partial charge < -0.3 is 9.67 Å². The van der Waals surface area contributed by atoms with Gasteiger partial charge in [-0.15, -0.1) is 0 Å². The average Bonchev–Trinajstić information content (AvgIpc) is 3.25. The number of para-hydroxylation sites is 2. The molecule has 1 aromatic carbocycles. The number of benzene rings is 1. The molecule has 0 radical (unpaired) electrons. The van der Waals surface area contributed by atoms with Gasteiger partial charge in [0.05, 0.1) is 23.5 Å². The van der Waals surface area contributed by atoms with Crippen molar-refractivity contribution < 1.29 is 9.90 Å². The highest BCUT2D eigenvalue weighted by molar-refractivity contribution is 5.76. The molecule has 0 amide bonds. The number of likely N-dealkylation sites (tertiary alicyclic amines) is 1. The van der Waals surface area contributed by atoms with Crippen molar-refractivity contribution in [3.63, 3.8) is 0 Å². The summed E-state index contributed by atoms with van der Waals surface area (Å²) >= 11 is 0. The molecule has 2 aliphatic carbocycles. The number of hydrogen-bond acceptors (Lipinski definition) is 4. The standard InChI is InChI=1S/C31H44N4O2/c36-31(37)23-11-13-33(14-12-23)20-30-32-28-9-1-2-10-29(28)35(30)27-18-24-7-4-8-25(19-27)34(24)26-16-21-5-3-6-22(15-21)17-26/h1-2,9-10,21-27H,3-8,11-20H2,(H,36,37)/t21-,22+,24-,25+,26?,27?. The van der Waals surface area contributed by atoms with Gasteiger partial charge in [0.25, 0.3) is 0 Å². The van der Waals surface area contributed by atoms with Crippen molar-refractivity contribution in [1.29, 1.82) is 0 Å². The van der Waals surface area contributed by atoms with Crippen molar-refractivity contribution in [1.82, 2.24) is 19.4 Å². The Morgan fingerprint density at radius 2 is 1.49 bits per heavy atom. The van der Waals surface area contributed by atoms with E-state index in [-0.39, 0.29) is 5.92 Å². The Bertz CT molecular complexity index is 1100. The maximum Gasteiger partial charge on any atom is 0.306 e. The summed E-state index contributed by atoms with van der Waals surface area (Å²) in [6, 6.07) is 11.5. The van der Waals surface area contributed by atoms with Gasteiger partial charge in [0, 0.05) is 24.2 Å². The summed E-state index contributed by atoms with van der Waals surface area (Å²) in [4.78, 5) is 22.1. The van der Waals surface area contributed by atoms with Gasteiger partial charge in [0.1, 0.15) is 5.82 Å². The molecule has 0 spiro atoms. The third-order valence-electron chi connectivity index (χ3n) is 10.9. The molecule has 1 aromatic heterocycles. The number of fused-ring (bicyclic) bond motifs is 5. The zero-order chi connectivity index (χ0) is 24.9. The predicted molar refractivity (Wildman–Crippen MR) is 145 cm³/mol. The first-order valence-corrected chi connectivity index (χ1v) is 15.3. The molecule has 37 heavy (non-hydrogen) atoms. The lowest BCUT2D eigenvalue weighted by Gasteiger charge is -2.55. The van der Waals surface area contributed by atoms with Crippen molar-refractivity contribution in [2.75, 3.05) is 13.1 Å². The maximum atomic E-state index is 11.5. The molecule has 2 aromatic rings. The van der Waals surface area contributed by atoms with Crippen LogP contribution in [0.25, 0.3) is 11.0 Å². The Kier molecular flexibility index (Phi) is 6.52. The van der Waals surface area contributed by atoms with Gasteiger partial charge in [-0.05, 0) is 94.8 Å². The lowest BCUT2D eigenvalue weighted by molar-refractivity contribution is -0.143. The summed E-state index contributed by atoms with van der Waals surface area (Å²) in [5, 5.41) is 9.43. The molecule has 7 rings (SSSR count). The van der Waals surface area contributed by atoms with Crippen LogP contribution < -0.4 is 0 Å². The second-order valence-electron chi connectivity index (χ2n) is 13.1. The molecule has 6 nitrogen and oxygen atoms in total. The summed E-state index contributed by atoms with van der Waals surface area (Å²) in [6.45, 7) is 2.55. The molecule has 3 saturated heterocycles. The molecule has 6 atom stereocenters. The minimum absolute atomic E-state index is 0.182. The van der Waals surface area contributed by atoms with Crippen LogP contribution in [0, 0.1) is 17.8 Å². The normalized spacial score (nSPS) is 35.6. The molecule has 2 saturated carbocycles. The van der Waals surface area contributed by atoms with Crippen molar-refractivity contribution in [2.45, 2.75) is 114 Å². The van der Waals surface area contributed by atoms with Gasteiger partial charge >= 0.3 is 5.97 Å². The minimum Gasteiger partial charge on any atom is -0.481 e. The number of piperidine rings is 3. The van der Waals surface area contributed by atoms with Crippen LogP contribution in [-0.4, -0.2) is 61.6 Å². The summed E-state index contributed by atoms with van der Waals surface area (Å²) < 4.78 is 2.62. The third-order valence-corrected chi connectivity index (χ3v) is 10.9. The monoisotopic (exact) mass is 504 g/mol. The first-order chi connectivity index (χ1) is 18.1. The third kappa shape index (κ3) is 4.63. The summed E-state index contributed by atoms with van der Waals surface area (Å²) in [5.74, 6) is 2.36. The number of aromatic nitrogens is 2. The van der Waals surface area contributed by atoms with E-state index >= 15 is 0 Å². The highest BCUT2D eigenvalue weighted by Gasteiger charge is 2.45. The molecule has 2 unspecified atom stereocenters. The van der Waals surface area contributed by atoms with Crippen molar-refractivity contribution in [3.8, 4) is 0 Å². The van der Waals surface area contributed by atoms with Gasteiger partial charge in [0.15, 0.2) is 0 Å². The fraction of sp³-hybridized carbons (Fsp3) is 0.742. The summed E-state index contributed by atoms with van der Waals surface area (Å²) in [7, 11) is 0. The Labute approximate surface area is 221 Å². The van der Waals surface area contributed by atoms with Crippen molar-refractivity contribution in [2.24, 2.45) is 17.8 Å². The smallest absolute Gasteiger partial charge is 0.306 e. The topological polar surface area (TPSA) is 61.6 Å². The van der Waals surface area contributed by atoms with E-state index in [1.165, 1.54) is 82.0 Å². The minimum atomic E-state index is -0.633. The number of carboxylic acid groups (broad SMARTS) is 1. The van der Waals surface area contributed by atoms with Crippen LogP contribution in [0.15, 0.2) is 24.3 Å². The highest BCUT2D eigenvalue weighted by atomic mass is 16.4. The van der Waals surface area contributed by atoms with Gasteiger partial charge in [-0.2, -0.15) is 0 Å². The number of carboxylic acids is 1. The average molecular weight is 505 g/mol. The number of aliphatic carboxylic acids is 1. The van der Waals surface area contributed by atoms with Crippen molar-refractivity contribution >= 4 is 17.0 Å². The fourth-order valence-corrected chi connectivity index (χ4v) is 9.29. The van der Waals surface area contributed by atoms with E-state index < -0.39 is 5.97 Å². The van der Waals surface area contributed by atoms with E-state index in [1.807, 2.05) is 0 Å². The zero-order valence-corrected chi connectivity index (χ0v) is 22.3. The zero-order valence-electron chi connectivity index (χ0n) is 22.3. The van der Waals surface area contributed by atoms with Crippen LogP contribution >= 0.6 is 0 Å². The highest BCUT2D eigenvalue weighted by Crippen LogP contribution is 2.48.